The van der Waals surface area contributed by atoms with Crippen LogP contribution in [0.2, 0.25) is 0 Å². The Labute approximate surface area is 266 Å². The van der Waals surface area contributed by atoms with E-state index >= 15 is 0 Å². The fraction of sp³-hybridized carbons (Fsp3) is 0.279. The lowest BCUT2D eigenvalue weighted by Crippen LogP contribution is -2.29. The van der Waals surface area contributed by atoms with Gasteiger partial charge in [-0.1, -0.05) is 108 Å². The van der Waals surface area contributed by atoms with Gasteiger partial charge in [-0.15, -0.1) is 0 Å². The van der Waals surface area contributed by atoms with Crippen molar-refractivity contribution in [1.82, 2.24) is 4.40 Å². The van der Waals surface area contributed by atoms with Crippen LogP contribution in [0.1, 0.15) is 58.2 Å². The molecule has 0 N–H and O–H groups in total. The smallest absolute Gasteiger partial charge is 0.224 e. The fourth-order valence-electron chi connectivity index (χ4n) is 8.02. The maximum atomic E-state index is 2.64. The molecule has 0 spiro atoms. The summed E-state index contributed by atoms with van der Waals surface area (Å²) < 4.78 is 5.01. The van der Waals surface area contributed by atoms with Crippen molar-refractivity contribution >= 4 is 59.8 Å². The predicted molar refractivity (Wildman–Crippen MR) is 194 cm³/mol. The molecule has 2 nitrogen and oxygen atoms in total. The number of rotatable bonds is 3. The Bertz CT molecular complexity index is 2440. The first-order valence-corrected chi connectivity index (χ1v) is 16.4. The van der Waals surface area contributed by atoms with E-state index in [-0.39, 0.29) is 10.8 Å². The predicted octanol–water partition coefficient (Wildman–Crippen LogP) is 11.1. The molecular weight excluding hydrogens is 544 g/mol. The van der Waals surface area contributed by atoms with Gasteiger partial charge in [0.15, 0.2) is 6.20 Å². The summed E-state index contributed by atoms with van der Waals surface area (Å²) in [4.78, 5) is 0. The van der Waals surface area contributed by atoms with Gasteiger partial charge in [-0.2, -0.15) is 0 Å². The lowest BCUT2D eigenvalue weighted by molar-refractivity contribution is -0.643. The summed E-state index contributed by atoms with van der Waals surface area (Å²) >= 11 is 0. The lowest BCUT2D eigenvalue weighted by atomic mass is 9.81. The average molecular weight is 588 g/mol. The number of pyridine rings is 2. The summed E-state index contributed by atoms with van der Waals surface area (Å²) in [5, 5.41) is 9.47. The Hall–Kier alpha value is -4.43. The molecule has 224 valence electrons. The number of nitrogens with zero attached hydrogens (tertiary/aromatic N) is 2. The Morgan fingerprint density at radius 3 is 2.09 bits per heavy atom. The summed E-state index contributed by atoms with van der Waals surface area (Å²) in [5.74, 6) is 0. The highest BCUT2D eigenvalue weighted by Crippen LogP contribution is 2.46. The Morgan fingerprint density at radius 2 is 1.36 bits per heavy atom. The van der Waals surface area contributed by atoms with Gasteiger partial charge in [0.1, 0.15) is 7.05 Å². The van der Waals surface area contributed by atoms with Crippen molar-refractivity contribution in [3.05, 3.63) is 108 Å². The standard InChI is InChI=1S/C43H43N2/c1-26-33-22-27(24-42(2,3)4)14-17-31(33)35(25-43(5,6)7)40-37(26)41-38-29(20-21-44(41)8)15-18-32-34-23-30(28-12-10-9-11-13-28)16-19-36(34)45(40)39(32)38/h9-23H,24-25H2,1-8H3/q+1. The van der Waals surface area contributed by atoms with Gasteiger partial charge < -0.3 is 4.40 Å². The van der Waals surface area contributed by atoms with Crippen molar-refractivity contribution in [2.45, 2.75) is 61.3 Å². The minimum absolute atomic E-state index is 0.119. The molecule has 0 aliphatic rings. The van der Waals surface area contributed by atoms with E-state index in [1.165, 1.54) is 87.6 Å². The largest absolute Gasteiger partial charge is 0.307 e. The number of aryl methyl sites for hydroxylation is 2. The van der Waals surface area contributed by atoms with Crippen LogP contribution in [0, 0.1) is 17.8 Å². The number of benzene rings is 5. The Balaban J connectivity index is 1.63. The lowest BCUT2D eigenvalue weighted by Gasteiger charge is -2.25. The van der Waals surface area contributed by atoms with Gasteiger partial charge in [-0.05, 0) is 86.7 Å². The molecule has 5 aromatic carbocycles. The van der Waals surface area contributed by atoms with Crippen LogP contribution in [0.5, 0.6) is 0 Å². The minimum atomic E-state index is 0.119. The van der Waals surface area contributed by atoms with Gasteiger partial charge in [0.2, 0.25) is 5.52 Å². The topological polar surface area (TPSA) is 8.29 Å². The molecule has 0 saturated heterocycles. The molecule has 8 aromatic rings. The van der Waals surface area contributed by atoms with Crippen LogP contribution in [0.15, 0.2) is 91.1 Å². The van der Waals surface area contributed by atoms with Crippen LogP contribution in [0.3, 0.4) is 0 Å². The van der Waals surface area contributed by atoms with E-state index in [4.69, 9.17) is 0 Å². The molecule has 0 radical (unpaired) electrons. The Kier molecular flexibility index (Phi) is 5.95. The van der Waals surface area contributed by atoms with Crippen molar-refractivity contribution in [3.8, 4) is 11.1 Å². The second-order valence-corrected chi connectivity index (χ2v) is 15.8. The van der Waals surface area contributed by atoms with E-state index in [1.54, 1.807) is 0 Å². The second-order valence-electron chi connectivity index (χ2n) is 15.8. The maximum absolute atomic E-state index is 2.64. The molecule has 0 atom stereocenters. The van der Waals surface area contributed by atoms with E-state index in [1.807, 2.05) is 0 Å². The SMILES string of the molecule is Cc1c2cc(CC(C)(C)C)ccc2c(CC(C)(C)C)c2c1c1c3c(ccc4c5cc(-c6ccccc6)ccc5n2c43)cc[n+]1C. The van der Waals surface area contributed by atoms with Crippen LogP contribution < -0.4 is 4.57 Å². The molecule has 2 heteroatoms. The number of fused-ring (bicyclic) bond motifs is 7. The number of hydrogen-bond acceptors (Lipinski definition) is 0. The zero-order valence-corrected chi connectivity index (χ0v) is 28.0. The monoisotopic (exact) mass is 587 g/mol. The maximum Gasteiger partial charge on any atom is 0.224 e. The van der Waals surface area contributed by atoms with Crippen LogP contribution in [-0.4, -0.2) is 4.40 Å². The van der Waals surface area contributed by atoms with E-state index in [0.29, 0.717) is 0 Å². The molecule has 8 rings (SSSR count). The van der Waals surface area contributed by atoms with Gasteiger partial charge in [0.05, 0.1) is 27.3 Å². The van der Waals surface area contributed by atoms with Crippen molar-refractivity contribution in [1.29, 1.82) is 0 Å². The molecule has 3 heterocycles. The average Bonchev–Trinajstić information content (AvgIpc) is 3.32. The summed E-state index contributed by atoms with van der Waals surface area (Å²) in [6.45, 7) is 16.5. The first kappa shape index (κ1) is 28.1. The van der Waals surface area contributed by atoms with Gasteiger partial charge in [-0.3, -0.25) is 0 Å². The molecule has 0 fully saturated rings. The van der Waals surface area contributed by atoms with Crippen molar-refractivity contribution in [2.75, 3.05) is 0 Å². The quantitative estimate of drug-likeness (QED) is 0.110. The van der Waals surface area contributed by atoms with E-state index < -0.39 is 0 Å². The van der Waals surface area contributed by atoms with Crippen molar-refractivity contribution in [2.24, 2.45) is 17.9 Å². The third kappa shape index (κ3) is 4.33. The molecular formula is C43H43N2+. The highest BCUT2D eigenvalue weighted by atomic mass is 15.0. The van der Waals surface area contributed by atoms with Crippen molar-refractivity contribution in [3.63, 3.8) is 0 Å². The van der Waals surface area contributed by atoms with Crippen molar-refractivity contribution < 1.29 is 4.57 Å². The summed E-state index contributed by atoms with van der Waals surface area (Å²) in [6.07, 6.45) is 4.31. The van der Waals surface area contributed by atoms with Crippen LogP contribution in [0.25, 0.3) is 70.9 Å². The fourth-order valence-corrected chi connectivity index (χ4v) is 8.02. The van der Waals surface area contributed by atoms with Gasteiger partial charge in [0.25, 0.3) is 0 Å². The van der Waals surface area contributed by atoms with E-state index in [0.717, 1.165) is 12.8 Å². The molecule has 0 saturated carbocycles. The minimum Gasteiger partial charge on any atom is -0.307 e. The molecule has 0 bridgehead atoms. The zero-order valence-electron chi connectivity index (χ0n) is 28.0. The number of hydrogen-bond donors (Lipinski definition) is 0. The molecule has 0 aliphatic heterocycles. The van der Waals surface area contributed by atoms with Crippen LogP contribution in [-0.2, 0) is 19.9 Å². The molecule has 3 aromatic heterocycles. The molecule has 45 heavy (non-hydrogen) atoms. The van der Waals surface area contributed by atoms with Gasteiger partial charge >= 0.3 is 0 Å². The third-order valence-corrected chi connectivity index (χ3v) is 9.75. The second kappa shape index (κ2) is 9.54. The highest BCUT2D eigenvalue weighted by Gasteiger charge is 2.29. The first-order valence-electron chi connectivity index (χ1n) is 16.4. The van der Waals surface area contributed by atoms with E-state index in [2.05, 4.69) is 156 Å². The molecule has 0 unspecified atom stereocenters. The first-order chi connectivity index (χ1) is 21.4. The van der Waals surface area contributed by atoms with Crippen LogP contribution >= 0.6 is 0 Å². The van der Waals surface area contributed by atoms with Gasteiger partial charge in [-0.25, -0.2) is 4.57 Å². The van der Waals surface area contributed by atoms with E-state index in [9.17, 15) is 0 Å². The van der Waals surface area contributed by atoms with Gasteiger partial charge in [0, 0.05) is 16.8 Å². The summed E-state index contributed by atoms with van der Waals surface area (Å²) in [5.41, 5.74) is 12.4. The summed E-state index contributed by atoms with van der Waals surface area (Å²) in [7, 11) is 2.23. The molecule has 0 aliphatic carbocycles. The van der Waals surface area contributed by atoms with Crippen LogP contribution in [0.4, 0.5) is 0 Å². The zero-order chi connectivity index (χ0) is 31.4. The highest BCUT2D eigenvalue weighted by molar-refractivity contribution is 6.29. The molecule has 0 amide bonds. The normalized spacial score (nSPS) is 13.1. The summed E-state index contributed by atoms with van der Waals surface area (Å²) in [6, 6.07) is 32.2. The third-order valence-electron chi connectivity index (χ3n) is 9.75. The number of aromatic nitrogens is 2. The Morgan fingerprint density at radius 1 is 0.622 bits per heavy atom.